The number of rotatable bonds is 9. The van der Waals surface area contributed by atoms with Gasteiger partial charge in [-0.15, -0.1) is 0 Å². The molecule has 0 atom stereocenters. The van der Waals surface area contributed by atoms with Crippen LogP contribution in [0.25, 0.3) is 11.3 Å². The molecule has 5 nitrogen and oxygen atoms in total. The van der Waals surface area contributed by atoms with Gasteiger partial charge in [-0.05, 0) is 37.7 Å². The first-order valence-corrected chi connectivity index (χ1v) is 8.30. The number of amides is 1. The first kappa shape index (κ1) is 17.2. The number of hydrogen-bond acceptors (Lipinski definition) is 3. The van der Waals surface area contributed by atoms with Crippen molar-refractivity contribution in [1.29, 1.82) is 0 Å². The minimum atomic E-state index is 0.00503. The molecule has 0 saturated carbocycles. The Balaban J connectivity index is 1.81. The van der Waals surface area contributed by atoms with Crippen molar-refractivity contribution in [2.24, 2.45) is 0 Å². The average Bonchev–Trinajstić information content (AvgIpc) is 3.04. The van der Waals surface area contributed by atoms with Gasteiger partial charge in [0.15, 0.2) is 0 Å². The molecule has 0 aliphatic heterocycles. The van der Waals surface area contributed by atoms with Gasteiger partial charge in [0.05, 0.1) is 5.69 Å². The summed E-state index contributed by atoms with van der Waals surface area (Å²) in [5.41, 5.74) is 2.03. The number of carbonyl (C=O) groups is 1. The van der Waals surface area contributed by atoms with Crippen molar-refractivity contribution in [1.82, 2.24) is 20.0 Å². The van der Waals surface area contributed by atoms with Crippen LogP contribution >= 0.6 is 0 Å². The van der Waals surface area contributed by atoms with Gasteiger partial charge in [0.1, 0.15) is 6.54 Å². The van der Waals surface area contributed by atoms with Crippen LogP contribution in [-0.4, -0.2) is 46.8 Å². The largest absolute Gasteiger partial charge is 0.354 e. The lowest BCUT2D eigenvalue weighted by Gasteiger charge is -2.17. The van der Waals surface area contributed by atoms with Crippen molar-refractivity contribution in [2.45, 2.75) is 26.8 Å². The predicted octanol–water partition coefficient (Wildman–Crippen LogP) is 2.40. The molecule has 0 fully saturated rings. The molecule has 5 heteroatoms. The van der Waals surface area contributed by atoms with Gasteiger partial charge >= 0.3 is 0 Å². The van der Waals surface area contributed by atoms with Crippen LogP contribution in [0.3, 0.4) is 0 Å². The zero-order chi connectivity index (χ0) is 16.5. The number of benzene rings is 1. The first-order valence-electron chi connectivity index (χ1n) is 8.30. The third-order valence-electron chi connectivity index (χ3n) is 3.95. The molecule has 0 aliphatic rings. The van der Waals surface area contributed by atoms with E-state index >= 15 is 0 Å². The summed E-state index contributed by atoms with van der Waals surface area (Å²) in [7, 11) is 0. The van der Waals surface area contributed by atoms with E-state index in [-0.39, 0.29) is 12.5 Å². The van der Waals surface area contributed by atoms with Crippen LogP contribution in [0.1, 0.15) is 20.3 Å². The van der Waals surface area contributed by atoms with Crippen LogP contribution in [-0.2, 0) is 11.3 Å². The molecule has 0 saturated heterocycles. The highest BCUT2D eigenvalue weighted by atomic mass is 16.2. The van der Waals surface area contributed by atoms with E-state index in [1.165, 1.54) is 0 Å². The molecule has 0 aliphatic carbocycles. The molecule has 1 N–H and O–H groups in total. The SMILES string of the molecule is CCN(CC)CCCNC(=O)Cn1nccc1-c1ccccc1. The Hall–Kier alpha value is -2.14. The second-order valence-corrected chi connectivity index (χ2v) is 5.47. The van der Waals surface area contributed by atoms with E-state index in [4.69, 9.17) is 0 Å². The van der Waals surface area contributed by atoms with Crippen molar-refractivity contribution in [2.75, 3.05) is 26.2 Å². The first-order chi connectivity index (χ1) is 11.2. The van der Waals surface area contributed by atoms with E-state index in [0.717, 1.165) is 37.3 Å². The van der Waals surface area contributed by atoms with Gasteiger partial charge in [0, 0.05) is 12.7 Å². The number of carbonyl (C=O) groups excluding carboxylic acids is 1. The van der Waals surface area contributed by atoms with E-state index in [9.17, 15) is 4.79 Å². The summed E-state index contributed by atoms with van der Waals surface area (Å²) in [5, 5.41) is 7.24. The summed E-state index contributed by atoms with van der Waals surface area (Å²) in [6.45, 7) is 8.40. The fourth-order valence-corrected chi connectivity index (χ4v) is 2.58. The fraction of sp³-hybridized carbons (Fsp3) is 0.444. The number of nitrogens with one attached hydrogen (secondary N) is 1. The minimum absolute atomic E-state index is 0.00503. The average molecular weight is 314 g/mol. The van der Waals surface area contributed by atoms with E-state index in [2.05, 4.69) is 29.2 Å². The Morgan fingerprint density at radius 2 is 1.91 bits per heavy atom. The summed E-state index contributed by atoms with van der Waals surface area (Å²) in [6, 6.07) is 11.9. The molecule has 2 aromatic rings. The molecule has 2 rings (SSSR count). The third kappa shape index (κ3) is 5.21. The highest BCUT2D eigenvalue weighted by Crippen LogP contribution is 2.17. The Kier molecular flexibility index (Phi) is 6.81. The molecule has 1 amide bonds. The zero-order valence-electron chi connectivity index (χ0n) is 14.0. The quantitative estimate of drug-likeness (QED) is 0.723. The lowest BCUT2D eigenvalue weighted by Crippen LogP contribution is -2.32. The van der Waals surface area contributed by atoms with Gasteiger partial charge in [-0.1, -0.05) is 44.2 Å². The highest BCUT2D eigenvalue weighted by Gasteiger charge is 2.09. The number of hydrogen-bond donors (Lipinski definition) is 1. The van der Waals surface area contributed by atoms with Gasteiger partial charge < -0.3 is 10.2 Å². The van der Waals surface area contributed by atoms with E-state index in [1.54, 1.807) is 10.9 Å². The fourth-order valence-electron chi connectivity index (χ4n) is 2.58. The molecule has 1 heterocycles. The van der Waals surface area contributed by atoms with Crippen molar-refractivity contribution >= 4 is 5.91 Å². The van der Waals surface area contributed by atoms with Gasteiger partial charge in [0.2, 0.25) is 5.91 Å². The Labute approximate surface area is 138 Å². The molecule has 1 aromatic heterocycles. The Bertz CT molecular complexity index is 590. The monoisotopic (exact) mass is 314 g/mol. The second kappa shape index (κ2) is 9.10. The third-order valence-corrected chi connectivity index (χ3v) is 3.95. The van der Waals surface area contributed by atoms with Gasteiger partial charge in [-0.2, -0.15) is 5.10 Å². The smallest absolute Gasteiger partial charge is 0.241 e. The Morgan fingerprint density at radius 3 is 2.61 bits per heavy atom. The maximum Gasteiger partial charge on any atom is 0.241 e. The second-order valence-electron chi connectivity index (χ2n) is 5.47. The predicted molar refractivity (Wildman–Crippen MR) is 93.1 cm³/mol. The molecular formula is C18H26N4O. The summed E-state index contributed by atoms with van der Waals surface area (Å²) < 4.78 is 1.75. The molecule has 124 valence electrons. The van der Waals surface area contributed by atoms with E-state index in [0.29, 0.717) is 6.54 Å². The van der Waals surface area contributed by atoms with Crippen LogP contribution in [0, 0.1) is 0 Å². The highest BCUT2D eigenvalue weighted by molar-refractivity contribution is 5.76. The van der Waals surface area contributed by atoms with Gasteiger partial charge in [-0.3, -0.25) is 9.48 Å². The molecule has 0 spiro atoms. The van der Waals surface area contributed by atoms with Crippen LogP contribution < -0.4 is 5.32 Å². The van der Waals surface area contributed by atoms with Crippen LogP contribution in [0.4, 0.5) is 0 Å². The standard InChI is InChI=1S/C18H26N4O/c1-3-21(4-2)14-8-12-19-18(23)15-22-17(11-13-20-22)16-9-6-5-7-10-16/h5-7,9-11,13H,3-4,8,12,14-15H2,1-2H3,(H,19,23). The summed E-state index contributed by atoms with van der Waals surface area (Å²) >= 11 is 0. The Morgan fingerprint density at radius 1 is 1.17 bits per heavy atom. The maximum absolute atomic E-state index is 12.1. The molecule has 1 aromatic carbocycles. The normalized spacial score (nSPS) is 10.9. The molecule has 0 bridgehead atoms. The van der Waals surface area contributed by atoms with Crippen molar-refractivity contribution < 1.29 is 4.79 Å². The molecular weight excluding hydrogens is 288 g/mol. The molecule has 0 unspecified atom stereocenters. The van der Waals surface area contributed by atoms with Crippen molar-refractivity contribution in [3.05, 3.63) is 42.6 Å². The van der Waals surface area contributed by atoms with Crippen LogP contribution in [0.5, 0.6) is 0 Å². The minimum Gasteiger partial charge on any atom is -0.354 e. The van der Waals surface area contributed by atoms with Gasteiger partial charge in [-0.25, -0.2) is 0 Å². The summed E-state index contributed by atoms with van der Waals surface area (Å²) in [5.74, 6) is 0.00503. The van der Waals surface area contributed by atoms with Crippen molar-refractivity contribution in [3.8, 4) is 11.3 Å². The van der Waals surface area contributed by atoms with Crippen molar-refractivity contribution in [3.63, 3.8) is 0 Å². The molecule has 0 radical (unpaired) electrons. The lowest BCUT2D eigenvalue weighted by atomic mass is 10.1. The summed E-state index contributed by atoms with van der Waals surface area (Å²) in [6.07, 6.45) is 2.70. The zero-order valence-corrected chi connectivity index (χ0v) is 14.0. The number of aromatic nitrogens is 2. The summed E-state index contributed by atoms with van der Waals surface area (Å²) in [4.78, 5) is 14.4. The van der Waals surface area contributed by atoms with E-state index in [1.807, 2.05) is 36.4 Å². The van der Waals surface area contributed by atoms with Crippen LogP contribution in [0.15, 0.2) is 42.6 Å². The van der Waals surface area contributed by atoms with Crippen LogP contribution in [0.2, 0.25) is 0 Å². The topological polar surface area (TPSA) is 50.2 Å². The maximum atomic E-state index is 12.1. The lowest BCUT2D eigenvalue weighted by molar-refractivity contribution is -0.121. The number of nitrogens with zero attached hydrogens (tertiary/aromatic N) is 3. The van der Waals surface area contributed by atoms with Gasteiger partial charge in [0.25, 0.3) is 0 Å². The molecule has 23 heavy (non-hydrogen) atoms. The van der Waals surface area contributed by atoms with E-state index < -0.39 is 0 Å².